The molecule has 0 heterocycles. The van der Waals surface area contributed by atoms with Gasteiger partial charge in [-0.05, 0) is 57.2 Å². The van der Waals surface area contributed by atoms with Gasteiger partial charge in [-0.15, -0.1) is 0 Å². The van der Waals surface area contributed by atoms with E-state index >= 15 is 0 Å². The van der Waals surface area contributed by atoms with E-state index in [0.717, 1.165) is 33.6 Å². The number of nitrogens with one attached hydrogen (secondary N) is 1. The predicted molar refractivity (Wildman–Crippen MR) is 167 cm³/mol. The fraction of sp³-hybridized carbons (Fsp3) is 0.0811. The maximum absolute atomic E-state index is 4.05. The van der Waals surface area contributed by atoms with Crippen LogP contribution in [0.4, 0.5) is 11.4 Å². The Morgan fingerprint density at radius 2 is 1.37 bits per heavy atom. The van der Waals surface area contributed by atoms with Crippen molar-refractivity contribution in [1.82, 2.24) is 0 Å². The number of hydrogen-bond acceptors (Lipinski definition) is 1. The van der Waals surface area contributed by atoms with Gasteiger partial charge in [0.05, 0.1) is 0 Å². The lowest BCUT2D eigenvalue weighted by molar-refractivity contribution is 0.660. The highest BCUT2D eigenvalue weighted by molar-refractivity contribution is 5.91. The van der Waals surface area contributed by atoms with Crippen molar-refractivity contribution < 1.29 is 0 Å². The topological polar surface area (TPSA) is 12.0 Å². The van der Waals surface area contributed by atoms with Gasteiger partial charge < -0.3 is 5.32 Å². The number of hydrogen-bond donors (Lipinski definition) is 1. The van der Waals surface area contributed by atoms with Crippen LogP contribution in [0.5, 0.6) is 0 Å². The van der Waals surface area contributed by atoms with Crippen LogP contribution in [0.25, 0.3) is 28.9 Å². The first-order valence-corrected chi connectivity index (χ1v) is 13.0. The van der Waals surface area contributed by atoms with E-state index in [2.05, 4.69) is 142 Å². The Labute approximate surface area is 226 Å². The number of rotatable bonds is 8. The molecule has 0 saturated carbocycles. The van der Waals surface area contributed by atoms with E-state index in [-0.39, 0.29) is 5.41 Å². The third kappa shape index (κ3) is 4.84. The minimum absolute atomic E-state index is 0.00684. The van der Waals surface area contributed by atoms with Gasteiger partial charge in [0.15, 0.2) is 0 Å². The summed E-state index contributed by atoms with van der Waals surface area (Å²) < 4.78 is 0. The van der Waals surface area contributed by atoms with Gasteiger partial charge in [0.1, 0.15) is 0 Å². The van der Waals surface area contributed by atoms with Crippen molar-refractivity contribution in [2.75, 3.05) is 5.32 Å². The molecule has 38 heavy (non-hydrogen) atoms. The highest BCUT2D eigenvalue weighted by atomic mass is 14.9. The molecular formula is C37H33N. The number of fused-ring (bicyclic) bond motifs is 3. The molecule has 4 aromatic carbocycles. The monoisotopic (exact) mass is 491 g/mol. The summed E-state index contributed by atoms with van der Waals surface area (Å²) in [5.41, 5.74) is 12.1. The lowest BCUT2D eigenvalue weighted by Gasteiger charge is -2.21. The molecule has 5 rings (SSSR count). The second-order valence-corrected chi connectivity index (χ2v) is 10.0. The van der Waals surface area contributed by atoms with Crippen molar-refractivity contribution in [2.24, 2.45) is 0 Å². The molecule has 1 nitrogen and oxygen atoms in total. The summed E-state index contributed by atoms with van der Waals surface area (Å²) in [5, 5.41) is 3.68. The summed E-state index contributed by atoms with van der Waals surface area (Å²) in [4.78, 5) is 0. The van der Waals surface area contributed by atoms with Crippen LogP contribution in [-0.4, -0.2) is 0 Å². The number of benzene rings is 4. The normalized spacial score (nSPS) is 13.9. The summed E-state index contributed by atoms with van der Waals surface area (Å²) in [5.74, 6) is 0. The van der Waals surface area contributed by atoms with E-state index in [1.807, 2.05) is 18.2 Å². The van der Waals surface area contributed by atoms with Gasteiger partial charge in [-0.3, -0.25) is 0 Å². The average molecular weight is 492 g/mol. The molecule has 0 atom stereocenters. The van der Waals surface area contributed by atoms with Crippen molar-refractivity contribution in [3.63, 3.8) is 0 Å². The van der Waals surface area contributed by atoms with Gasteiger partial charge in [0.25, 0.3) is 0 Å². The zero-order valence-corrected chi connectivity index (χ0v) is 22.1. The number of allylic oxidation sites excluding steroid dienone is 6. The van der Waals surface area contributed by atoms with Crippen LogP contribution in [0.3, 0.4) is 0 Å². The molecule has 0 aliphatic heterocycles. The molecule has 0 radical (unpaired) electrons. The zero-order valence-electron chi connectivity index (χ0n) is 22.1. The van der Waals surface area contributed by atoms with Crippen LogP contribution in [0, 0.1) is 0 Å². The Bertz CT molecular complexity index is 1580. The standard InChI is InChI=1S/C37H33N/c1-5-7-14-28-15-8-9-16-29(28)18-12-17-27(6-2)30-23-25-31(26-24-30)38-35-22-13-21-34-36(35)32-19-10-11-20-33(32)37(34,3)4/h5-26,38H,1-2H2,3-4H3/b14-7-,18-12+,27-17+. The van der Waals surface area contributed by atoms with Crippen molar-refractivity contribution in [1.29, 1.82) is 0 Å². The molecule has 0 amide bonds. The van der Waals surface area contributed by atoms with Crippen LogP contribution < -0.4 is 5.32 Å². The van der Waals surface area contributed by atoms with Crippen molar-refractivity contribution in [3.05, 3.63) is 162 Å². The van der Waals surface area contributed by atoms with E-state index in [0.29, 0.717) is 0 Å². The second kappa shape index (κ2) is 10.8. The average Bonchev–Trinajstić information content (AvgIpc) is 3.18. The van der Waals surface area contributed by atoms with Crippen molar-refractivity contribution >= 4 is 29.1 Å². The molecule has 1 heteroatoms. The van der Waals surface area contributed by atoms with Crippen LogP contribution in [0.2, 0.25) is 0 Å². The van der Waals surface area contributed by atoms with Gasteiger partial charge in [-0.25, -0.2) is 0 Å². The summed E-state index contributed by atoms with van der Waals surface area (Å²) in [6.45, 7) is 12.4. The van der Waals surface area contributed by atoms with Crippen LogP contribution >= 0.6 is 0 Å². The summed E-state index contributed by atoms with van der Waals surface area (Å²) >= 11 is 0. The Morgan fingerprint density at radius 1 is 0.711 bits per heavy atom. The quantitative estimate of drug-likeness (QED) is 0.242. The second-order valence-electron chi connectivity index (χ2n) is 10.0. The van der Waals surface area contributed by atoms with Gasteiger partial charge >= 0.3 is 0 Å². The van der Waals surface area contributed by atoms with Gasteiger partial charge in [0.2, 0.25) is 0 Å². The van der Waals surface area contributed by atoms with Gasteiger partial charge in [0, 0.05) is 22.4 Å². The Kier molecular flexibility index (Phi) is 7.11. The fourth-order valence-corrected chi connectivity index (χ4v) is 5.28. The molecule has 4 aromatic rings. The van der Waals surface area contributed by atoms with Gasteiger partial charge in [-0.2, -0.15) is 0 Å². The van der Waals surface area contributed by atoms with Crippen molar-refractivity contribution in [3.8, 4) is 11.1 Å². The molecule has 0 spiro atoms. The molecule has 0 unspecified atom stereocenters. The minimum atomic E-state index is -0.00684. The summed E-state index contributed by atoms with van der Waals surface area (Å²) in [6.07, 6.45) is 14.0. The van der Waals surface area contributed by atoms with Gasteiger partial charge in [-0.1, -0.05) is 142 Å². The highest BCUT2D eigenvalue weighted by Gasteiger charge is 2.36. The molecule has 186 valence electrons. The lowest BCUT2D eigenvalue weighted by Crippen LogP contribution is -2.14. The minimum Gasteiger partial charge on any atom is -0.355 e. The van der Waals surface area contributed by atoms with Crippen molar-refractivity contribution in [2.45, 2.75) is 19.3 Å². The Morgan fingerprint density at radius 3 is 2.08 bits per heavy atom. The maximum Gasteiger partial charge on any atom is 0.0467 e. The zero-order chi connectivity index (χ0) is 26.5. The largest absolute Gasteiger partial charge is 0.355 e. The maximum atomic E-state index is 4.05. The first-order chi connectivity index (χ1) is 18.5. The first kappa shape index (κ1) is 25.0. The molecule has 1 N–H and O–H groups in total. The summed E-state index contributed by atoms with van der Waals surface area (Å²) in [7, 11) is 0. The summed E-state index contributed by atoms with van der Waals surface area (Å²) in [6, 6.07) is 32.2. The van der Waals surface area contributed by atoms with Crippen LogP contribution in [-0.2, 0) is 5.41 Å². The highest BCUT2D eigenvalue weighted by Crippen LogP contribution is 2.51. The molecular weight excluding hydrogens is 458 g/mol. The first-order valence-electron chi connectivity index (χ1n) is 13.0. The molecule has 1 aliphatic carbocycles. The third-order valence-corrected chi connectivity index (χ3v) is 7.28. The number of anilines is 2. The third-order valence-electron chi connectivity index (χ3n) is 7.28. The van der Waals surface area contributed by atoms with E-state index in [4.69, 9.17) is 0 Å². The van der Waals surface area contributed by atoms with Crippen LogP contribution in [0.15, 0.2) is 135 Å². The predicted octanol–water partition coefficient (Wildman–Crippen LogP) is 10.2. The lowest BCUT2D eigenvalue weighted by atomic mass is 9.82. The molecule has 0 bridgehead atoms. The fourth-order valence-electron chi connectivity index (χ4n) is 5.28. The molecule has 0 fully saturated rings. The molecule has 0 aromatic heterocycles. The smallest absolute Gasteiger partial charge is 0.0467 e. The van der Waals surface area contributed by atoms with E-state index in [9.17, 15) is 0 Å². The van der Waals surface area contributed by atoms with E-state index < -0.39 is 0 Å². The van der Waals surface area contributed by atoms with E-state index in [1.165, 1.54) is 22.3 Å². The molecule has 0 saturated heterocycles. The Balaban J connectivity index is 1.38. The molecule has 1 aliphatic rings. The van der Waals surface area contributed by atoms with E-state index in [1.54, 1.807) is 6.08 Å². The SMILES string of the molecule is C=C/C=C\c1ccccc1/C=C/C=C(\C=C)c1ccc(Nc2cccc3c2-c2ccccc2C3(C)C)cc1. The van der Waals surface area contributed by atoms with Crippen LogP contribution in [0.1, 0.15) is 41.7 Å². The Hall–Kier alpha value is -4.62.